The molecule has 1 amide bonds. The van der Waals surface area contributed by atoms with Crippen LogP contribution in [0.2, 0.25) is 5.02 Å². The van der Waals surface area contributed by atoms with Crippen LogP contribution < -0.4 is 5.43 Å². The molecule has 3 aromatic rings. The van der Waals surface area contributed by atoms with E-state index in [1.165, 1.54) is 48.7 Å². The molecule has 0 aliphatic rings. The van der Waals surface area contributed by atoms with Crippen LogP contribution in [0.25, 0.3) is 0 Å². The quantitative estimate of drug-likeness (QED) is 0.412. The summed E-state index contributed by atoms with van der Waals surface area (Å²) in [4.78, 5) is 16.3. The van der Waals surface area contributed by atoms with E-state index in [0.717, 1.165) is 4.31 Å². The number of carbonyl (C=O) groups excluding carboxylic acids is 1. The van der Waals surface area contributed by atoms with E-state index in [-0.39, 0.29) is 17.0 Å². The van der Waals surface area contributed by atoms with Crippen molar-refractivity contribution in [1.29, 1.82) is 0 Å². The summed E-state index contributed by atoms with van der Waals surface area (Å²) in [7, 11) is -4.12. The fraction of sp³-hybridized carbons (Fsp3) is 0.0952. The molecule has 3 rings (SSSR count). The van der Waals surface area contributed by atoms with Crippen molar-refractivity contribution in [3.05, 3.63) is 95.0 Å². The van der Waals surface area contributed by atoms with E-state index in [1.807, 2.05) is 0 Å². The van der Waals surface area contributed by atoms with Crippen LogP contribution in [0.4, 0.5) is 4.39 Å². The summed E-state index contributed by atoms with van der Waals surface area (Å²) in [5.41, 5.74) is 2.91. The molecule has 0 atom stereocenters. The zero-order chi connectivity index (χ0) is 22.3. The highest BCUT2D eigenvalue weighted by Crippen LogP contribution is 2.21. The van der Waals surface area contributed by atoms with Gasteiger partial charge in [-0.3, -0.25) is 9.78 Å². The average Bonchev–Trinajstić information content (AvgIpc) is 2.76. The Morgan fingerprint density at radius 1 is 1.10 bits per heavy atom. The lowest BCUT2D eigenvalue weighted by Gasteiger charge is -2.21. The number of hydrazone groups is 1. The molecule has 0 saturated carbocycles. The van der Waals surface area contributed by atoms with Crippen molar-refractivity contribution in [2.75, 3.05) is 6.54 Å². The minimum absolute atomic E-state index is 0.0713. The third-order valence-corrected chi connectivity index (χ3v) is 6.21. The average molecular weight is 461 g/mol. The van der Waals surface area contributed by atoms with Gasteiger partial charge in [-0.2, -0.15) is 9.41 Å². The van der Waals surface area contributed by atoms with Gasteiger partial charge in [0.25, 0.3) is 5.91 Å². The maximum absolute atomic E-state index is 14.2. The molecule has 10 heteroatoms. The van der Waals surface area contributed by atoms with Gasteiger partial charge in [0.2, 0.25) is 10.0 Å². The van der Waals surface area contributed by atoms with E-state index in [4.69, 9.17) is 11.6 Å². The first-order valence-corrected chi connectivity index (χ1v) is 10.9. The summed E-state index contributed by atoms with van der Waals surface area (Å²) < 4.78 is 41.3. The maximum Gasteiger partial charge on any atom is 0.255 e. The van der Waals surface area contributed by atoms with Crippen molar-refractivity contribution < 1.29 is 17.6 Å². The third-order valence-electron chi connectivity index (χ3n) is 4.15. The molecule has 0 aliphatic carbocycles. The Bertz CT molecular complexity index is 1170. The molecule has 0 saturated heterocycles. The molecular formula is C21H18ClFN4O3S. The predicted octanol–water partition coefficient (Wildman–Crippen LogP) is 3.22. The second-order valence-corrected chi connectivity index (χ2v) is 8.74. The van der Waals surface area contributed by atoms with Crippen LogP contribution in [-0.4, -0.2) is 36.4 Å². The van der Waals surface area contributed by atoms with Gasteiger partial charge < -0.3 is 0 Å². The molecule has 0 aliphatic heterocycles. The second-order valence-electron chi connectivity index (χ2n) is 6.37. The van der Waals surface area contributed by atoms with Gasteiger partial charge in [0.15, 0.2) is 0 Å². The Labute approximate surface area is 184 Å². The van der Waals surface area contributed by atoms with Gasteiger partial charge >= 0.3 is 0 Å². The number of benzene rings is 2. The number of nitrogens with zero attached hydrogens (tertiary/aromatic N) is 3. The van der Waals surface area contributed by atoms with Crippen LogP contribution in [0.5, 0.6) is 0 Å². The summed E-state index contributed by atoms with van der Waals surface area (Å²) in [6.07, 6.45) is 2.89. The summed E-state index contributed by atoms with van der Waals surface area (Å²) in [6, 6.07) is 16.4. The highest BCUT2D eigenvalue weighted by atomic mass is 35.5. The van der Waals surface area contributed by atoms with Crippen LogP contribution in [0.1, 0.15) is 11.3 Å². The smallest absolute Gasteiger partial charge is 0.255 e. The number of halogens is 2. The van der Waals surface area contributed by atoms with Crippen LogP contribution in [0.3, 0.4) is 0 Å². The van der Waals surface area contributed by atoms with Crippen molar-refractivity contribution in [2.24, 2.45) is 5.10 Å². The lowest BCUT2D eigenvalue weighted by molar-refractivity contribution is -0.121. The predicted molar refractivity (Wildman–Crippen MR) is 115 cm³/mol. The fourth-order valence-corrected chi connectivity index (χ4v) is 4.12. The van der Waals surface area contributed by atoms with Crippen molar-refractivity contribution in [3.8, 4) is 0 Å². The van der Waals surface area contributed by atoms with Gasteiger partial charge in [0.05, 0.1) is 23.3 Å². The van der Waals surface area contributed by atoms with E-state index in [1.54, 1.807) is 30.5 Å². The molecule has 0 bridgehead atoms. The van der Waals surface area contributed by atoms with Gasteiger partial charge in [0.1, 0.15) is 5.82 Å². The maximum atomic E-state index is 14.2. The number of nitrogens with one attached hydrogen (secondary N) is 1. The molecule has 7 nitrogen and oxygen atoms in total. The lowest BCUT2D eigenvalue weighted by Crippen LogP contribution is -2.39. The van der Waals surface area contributed by atoms with Crippen molar-refractivity contribution >= 4 is 33.7 Å². The van der Waals surface area contributed by atoms with Gasteiger partial charge in [-0.25, -0.2) is 18.2 Å². The summed E-state index contributed by atoms with van der Waals surface area (Å²) in [5.74, 6) is -1.27. The molecule has 0 radical (unpaired) electrons. The standard InChI is InChI=1S/C21H18ClFN4O3S/c22-17-8-10-19(11-9-17)31(29,30)27(14-16-5-1-2-7-20(16)23)15-21(28)26-25-13-18-6-3-4-12-24-18/h1-13H,14-15H2,(H,26,28). The normalized spacial score (nSPS) is 11.7. The first kappa shape index (κ1) is 22.5. The third kappa shape index (κ3) is 6.17. The summed E-state index contributed by atoms with van der Waals surface area (Å²) in [6.45, 7) is -0.909. The van der Waals surface area contributed by atoms with Crippen LogP contribution in [0.15, 0.2) is 82.9 Å². The SMILES string of the molecule is O=C(CN(Cc1ccccc1F)S(=O)(=O)c1ccc(Cl)cc1)NN=Cc1ccccn1. The number of hydrogen-bond acceptors (Lipinski definition) is 5. The number of sulfonamides is 1. The molecule has 1 heterocycles. The number of aromatic nitrogens is 1. The molecule has 0 fully saturated rings. The molecule has 0 spiro atoms. The Hall–Kier alpha value is -3.14. The zero-order valence-corrected chi connectivity index (χ0v) is 17.7. The number of amides is 1. The molecule has 1 N–H and O–H groups in total. The lowest BCUT2D eigenvalue weighted by atomic mass is 10.2. The van der Waals surface area contributed by atoms with E-state index in [2.05, 4.69) is 15.5 Å². The van der Waals surface area contributed by atoms with Gasteiger partial charge in [-0.15, -0.1) is 0 Å². The highest BCUT2D eigenvalue weighted by Gasteiger charge is 2.27. The first-order chi connectivity index (χ1) is 14.9. The number of rotatable bonds is 8. The van der Waals surface area contributed by atoms with Crippen LogP contribution in [-0.2, 0) is 21.4 Å². The van der Waals surface area contributed by atoms with E-state index >= 15 is 0 Å². The monoisotopic (exact) mass is 460 g/mol. The Morgan fingerprint density at radius 3 is 2.48 bits per heavy atom. The number of hydrogen-bond donors (Lipinski definition) is 1. The number of pyridine rings is 1. The zero-order valence-electron chi connectivity index (χ0n) is 16.2. The molecule has 2 aromatic carbocycles. The van der Waals surface area contributed by atoms with Gasteiger partial charge in [0, 0.05) is 23.3 Å². The largest absolute Gasteiger partial charge is 0.272 e. The van der Waals surface area contributed by atoms with E-state index < -0.39 is 28.3 Å². The molecule has 1 aromatic heterocycles. The summed E-state index contributed by atoms with van der Waals surface area (Å²) >= 11 is 5.84. The van der Waals surface area contributed by atoms with E-state index in [0.29, 0.717) is 10.7 Å². The topological polar surface area (TPSA) is 91.7 Å². The molecule has 31 heavy (non-hydrogen) atoms. The Morgan fingerprint density at radius 2 is 1.81 bits per heavy atom. The number of carbonyl (C=O) groups is 1. The Balaban J connectivity index is 1.81. The van der Waals surface area contributed by atoms with Crippen molar-refractivity contribution in [1.82, 2.24) is 14.7 Å². The second kappa shape index (κ2) is 10.3. The highest BCUT2D eigenvalue weighted by molar-refractivity contribution is 7.89. The minimum atomic E-state index is -4.12. The fourth-order valence-electron chi connectivity index (χ4n) is 2.62. The van der Waals surface area contributed by atoms with Crippen LogP contribution in [0, 0.1) is 5.82 Å². The van der Waals surface area contributed by atoms with Crippen molar-refractivity contribution in [2.45, 2.75) is 11.4 Å². The molecular weight excluding hydrogens is 443 g/mol. The molecule has 0 unspecified atom stereocenters. The van der Waals surface area contributed by atoms with E-state index in [9.17, 15) is 17.6 Å². The molecule has 160 valence electrons. The summed E-state index contributed by atoms with van der Waals surface area (Å²) in [5, 5.41) is 4.15. The van der Waals surface area contributed by atoms with Crippen LogP contribution >= 0.6 is 11.6 Å². The van der Waals surface area contributed by atoms with Crippen molar-refractivity contribution in [3.63, 3.8) is 0 Å². The Kier molecular flexibility index (Phi) is 7.45. The van der Waals surface area contributed by atoms with Gasteiger partial charge in [-0.05, 0) is 42.5 Å². The minimum Gasteiger partial charge on any atom is -0.272 e. The van der Waals surface area contributed by atoms with Gasteiger partial charge in [-0.1, -0.05) is 35.9 Å². The first-order valence-electron chi connectivity index (χ1n) is 9.08.